The summed E-state index contributed by atoms with van der Waals surface area (Å²) >= 11 is 0. The smallest absolute Gasteiger partial charge is 0.262 e. The highest BCUT2D eigenvalue weighted by atomic mass is 32.2. The quantitative estimate of drug-likeness (QED) is 0.636. The molecule has 0 fully saturated rings. The molecule has 0 aliphatic carbocycles. The number of ether oxygens (including phenoxy) is 1. The molecule has 3 aromatic carbocycles. The fourth-order valence-corrected chi connectivity index (χ4v) is 5.45. The van der Waals surface area contributed by atoms with Crippen molar-refractivity contribution in [1.29, 1.82) is 0 Å². The van der Waals surface area contributed by atoms with Gasteiger partial charge in [-0.2, -0.15) is 0 Å². The number of benzene rings is 3. The first kappa shape index (κ1) is 20.2. The summed E-state index contributed by atoms with van der Waals surface area (Å²) < 4.78 is 35.0. The number of nitrogens with zero attached hydrogens (tertiary/aromatic N) is 1. The fraction of sp³-hybridized carbons (Fsp3) is 0.208. The zero-order valence-corrected chi connectivity index (χ0v) is 18.0. The third-order valence-electron chi connectivity index (χ3n) is 5.11. The van der Waals surface area contributed by atoms with E-state index in [1.165, 1.54) is 0 Å². The van der Waals surface area contributed by atoms with Crippen LogP contribution in [-0.2, 0) is 14.8 Å². The minimum absolute atomic E-state index is 0.104. The highest BCUT2D eigenvalue weighted by Crippen LogP contribution is 2.30. The third-order valence-corrected chi connectivity index (χ3v) is 6.78. The van der Waals surface area contributed by atoms with Crippen LogP contribution < -0.4 is 4.72 Å². The lowest BCUT2D eigenvalue weighted by molar-refractivity contribution is 0.320. The molecule has 6 heteroatoms. The summed E-state index contributed by atoms with van der Waals surface area (Å²) in [6.45, 7) is 6.01. The lowest BCUT2D eigenvalue weighted by atomic mass is 10.1. The van der Waals surface area contributed by atoms with E-state index in [9.17, 15) is 8.42 Å². The van der Waals surface area contributed by atoms with E-state index in [0.717, 1.165) is 22.3 Å². The standard InChI is InChI=1S/C24H24N2O3S/c1-16-13-17(2)23(18(3)14-16)30(27,28)26-21-12-8-7-11-20(21)24-25-22(15-29-24)19-9-5-4-6-10-19/h4-14,22,26H,15H2,1-3H3/t22-/m0/s1. The Morgan fingerprint density at radius 2 is 1.57 bits per heavy atom. The number of sulfonamides is 1. The molecule has 0 aromatic heterocycles. The number of hydrogen-bond donors (Lipinski definition) is 1. The summed E-state index contributed by atoms with van der Waals surface area (Å²) in [5.74, 6) is 0.444. The first-order valence-corrected chi connectivity index (χ1v) is 11.3. The predicted molar refractivity (Wildman–Crippen MR) is 120 cm³/mol. The molecule has 4 rings (SSSR count). The lowest BCUT2D eigenvalue weighted by Gasteiger charge is -2.16. The number of hydrogen-bond acceptors (Lipinski definition) is 4. The summed E-state index contributed by atoms with van der Waals surface area (Å²) in [4.78, 5) is 5.00. The zero-order chi connectivity index (χ0) is 21.3. The Bertz CT molecular complexity index is 1200. The van der Waals surface area contributed by atoms with Gasteiger partial charge in [-0.15, -0.1) is 0 Å². The maximum atomic E-state index is 13.2. The summed E-state index contributed by atoms with van der Waals surface area (Å²) in [6.07, 6.45) is 0. The van der Waals surface area contributed by atoms with Crippen LogP contribution in [0.3, 0.4) is 0 Å². The van der Waals surface area contributed by atoms with Crippen LogP contribution in [0, 0.1) is 20.8 Å². The van der Waals surface area contributed by atoms with Gasteiger partial charge < -0.3 is 4.74 Å². The molecule has 1 aliphatic heterocycles. The lowest BCUT2D eigenvalue weighted by Crippen LogP contribution is -2.18. The maximum Gasteiger partial charge on any atom is 0.262 e. The number of rotatable bonds is 5. The molecule has 1 aliphatic rings. The van der Waals surface area contributed by atoms with Crippen LogP contribution in [0.5, 0.6) is 0 Å². The third kappa shape index (κ3) is 3.96. The largest absolute Gasteiger partial charge is 0.475 e. The Hall–Kier alpha value is -3.12. The van der Waals surface area contributed by atoms with Crippen molar-refractivity contribution < 1.29 is 13.2 Å². The number of nitrogens with one attached hydrogen (secondary N) is 1. The molecule has 0 saturated heterocycles. The number of aliphatic imine (C=N–C) groups is 1. The SMILES string of the molecule is Cc1cc(C)c(S(=O)(=O)Nc2ccccc2C2=N[C@H](c3ccccc3)CO2)c(C)c1. The van der Waals surface area contributed by atoms with Crippen molar-refractivity contribution in [2.45, 2.75) is 31.7 Å². The summed E-state index contributed by atoms with van der Waals surface area (Å²) in [7, 11) is -3.77. The highest BCUT2D eigenvalue weighted by molar-refractivity contribution is 7.92. The normalized spacial score (nSPS) is 16.1. The molecular formula is C24H24N2O3S. The van der Waals surface area contributed by atoms with Crippen molar-refractivity contribution in [2.75, 3.05) is 11.3 Å². The van der Waals surface area contributed by atoms with Crippen molar-refractivity contribution in [2.24, 2.45) is 4.99 Å². The van der Waals surface area contributed by atoms with E-state index in [0.29, 0.717) is 28.7 Å². The van der Waals surface area contributed by atoms with Crippen LogP contribution in [-0.4, -0.2) is 20.9 Å². The first-order chi connectivity index (χ1) is 14.3. The van der Waals surface area contributed by atoms with Crippen molar-refractivity contribution in [3.8, 4) is 0 Å². The van der Waals surface area contributed by atoms with Gasteiger partial charge in [-0.25, -0.2) is 13.4 Å². The van der Waals surface area contributed by atoms with Gasteiger partial charge in [-0.3, -0.25) is 4.72 Å². The van der Waals surface area contributed by atoms with Crippen molar-refractivity contribution in [3.05, 3.63) is 94.5 Å². The second kappa shape index (κ2) is 7.95. The van der Waals surface area contributed by atoms with Crippen molar-refractivity contribution >= 4 is 21.6 Å². The van der Waals surface area contributed by atoms with Gasteiger partial charge in [0.25, 0.3) is 10.0 Å². The van der Waals surface area contributed by atoms with Gasteiger partial charge in [0.1, 0.15) is 12.6 Å². The van der Waals surface area contributed by atoms with Crippen LogP contribution >= 0.6 is 0 Å². The van der Waals surface area contributed by atoms with Crippen LogP contribution in [0.4, 0.5) is 5.69 Å². The molecule has 1 atom stereocenters. The molecule has 1 heterocycles. The molecule has 0 spiro atoms. The van der Waals surface area contributed by atoms with Crippen molar-refractivity contribution in [3.63, 3.8) is 0 Å². The first-order valence-electron chi connectivity index (χ1n) is 9.81. The van der Waals surface area contributed by atoms with Crippen molar-refractivity contribution in [1.82, 2.24) is 0 Å². The second-order valence-electron chi connectivity index (χ2n) is 7.55. The Morgan fingerprint density at radius 3 is 2.27 bits per heavy atom. The Balaban J connectivity index is 1.68. The average molecular weight is 421 g/mol. The van der Waals surface area contributed by atoms with Gasteiger partial charge in [0.2, 0.25) is 5.90 Å². The molecular weight excluding hydrogens is 396 g/mol. The zero-order valence-electron chi connectivity index (χ0n) is 17.2. The van der Waals surface area contributed by atoms with Crippen LogP contribution in [0.25, 0.3) is 0 Å². The maximum absolute atomic E-state index is 13.2. The Kier molecular flexibility index (Phi) is 5.35. The number of aryl methyl sites for hydroxylation is 3. The molecule has 0 unspecified atom stereocenters. The van der Waals surface area contributed by atoms with Gasteiger partial charge in [0.15, 0.2) is 0 Å². The van der Waals surface area contributed by atoms with E-state index < -0.39 is 10.0 Å². The molecule has 0 bridgehead atoms. The van der Waals surface area contributed by atoms with E-state index in [4.69, 9.17) is 9.73 Å². The molecule has 30 heavy (non-hydrogen) atoms. The van der Waals surface area contributed by atoms with Gasteiger partial charge in [-0.05, 0) is 49.6 Å². The summed E-state index contributed by atoms with van der Waals surface area (Å²) in [5, 5.41) is 0. The molecule has 5 nitrogen and oxygen atoms in total. The van der Waals surface area contributed by atoms with E-state index in [2.05, 4.69) is 4.72 Å². The van der Waals surface area contributed by atoms with Crippen LogP contribution in [0.2, 0.25) is 0 Å². The molecule has 154 valence electrons. The topological polar surface area (TPSA) is 67.8 Å². The predicted octanol–water partition coefficient (Wildman–Crippen LogP) is 4.93. The van der Waals surface area contributed by atoms with Gasteiger partial charge in [0, 0.05) is 0 Å². The highest BCUT2D eigenvalue weighted by Gasteiger charge is 2.26. The monoisotopic (exact) mass is 420 g/mol. The van der Waals surface area contributed by atoms with Gasteiger partial charge in [0.05, 0.1) is 16.1 Å². The molecule has 0 radical (unpaired) electrons. The van der Waals surface area contributed by atoms with E-state index in [1.54, 1.807) is 12.1 Å². The van der Waals surface area contributed by atoms with Gasteiger partial charge in [-0.1, -0.05) is 60.2 Å². The second-order valence-corrected chi connectivity index (χ2v) is 9.17. The molecule has 0 saturated carbocycles. The molecule has 1 N–H and O–H groups in total. The van der Waals surface area contributed by atoms with Crippen LogP contribution in [0.15, 0.2) is 76.6 Å². The molecule has 3 aromatic rings. The Labute approximate surface area is 177 Å². The van der Waals surface area contributed by atoms with E-state index >= 15 is 0 Å². The Morgan fingerprint density at radius 1 is 0.933 bits per heavy atom. The number of para-hydroxylation sites is 1. The fourth-order valence-electron chi connectivity index (χ4n) is 3.91. The van der Waals surface area contributed by atoms with Gasteiger partial charge >= 0.3 is 0 Å². The minimum Gasteiger partial charge on any atom is -0.475 e. The number of anilines is 1. The average Bonchev–Trinajstić information content (AvgIpc) is 3.17. The van der Waals surface area contributed by atoms with E-state index in [1.807, 2.05) is 75.4 Å². The molecule has 0 amide bonds. The summed E-state index contributed by atoms with van der Waals surface area (Å²) in [6, 6.07) is 20.8. The summed E-state index contributed by atoms with van der Waals surface area (Å²) in [5.41, 5.74) is 4.61. The minimum atomic E-state index is -3.77. The van der Waals surface area contributed by atoms with E-state index in [-0.39, 0.29) is 6.04 Å². The van der Waals surface area contributed by atoms with Crippen LogP contribution in [0.1, 0.15) is 33.9 Å².